The van der Waals surface area contributed by atoms with Crippen molar-refractivity contribution in [1.29, 1.82) is 0 Å². The molecule has 0 unspecified atom stereocenters. The van der Waals surface area contributed by atoms with Crippen LogP contribution in [0.4, 0.5) is 29.1 Å². The molecule has 0 aliphatic carbocycles. The zero-order valence-electron chi connectivity index (χ0n) is 13.4. The van der Waals surface area contributed by atoms with E-state index < -0.39 is 17.6 Å². The lowest BCUT2D eigenvalue weighted by Gasteiger charge is -2.07. The summed E-state index contributed by atoms with van der Waals surface area (Å²) in [7, 11) is 0. The highest BCUT2D eigenvalue weighted by molar-refractivity contribution is 5.54. The number of rotatable bonds is 3. The van der Waals surface area contributed by atoms with Crippen LogP contribution in [0.1, 0.15) is 31.0 Å². The first-order chi connectivity index (χ1) is 11.8. The van der Waals surface area contributed by atoms with Crippen molar-refractivity contribution in [3.63, 3.8) is 0 Å². The number of benzene rings is 1. The number of alkyl halides is 3. The van der Waals surface area contributed by atoms with E-state index in [1.807, 2.05) is 13.8 Å². The lowest BCUT2D eigenvalue weighted by Crippen LogP contribution is -2.06. The molecule has 3 aromatic rings. The Morgan fingerprint density at radius 3 is 2.48 bits per heavy atom. The molecule has 0 saturated heterocycles. The first-order valence-electron chi connectivity index (χ1n) is 7.52. The Balaban J connectivity index is 2.15. The van der Waals surface area contributed by atoms with Crippen LogP contribution < -0.4 is 0 Å². The van der Waals surface area contributed by atoms with E-state index in [0.717, 1.165) is 12.3 Å². The van der Waals surface area contributed by atoms with Gasteiger partial charge in [-0.05, 0) is 30.2 Å². The molecule has 3 rings (SSSR count). The quantitative estimate of drug-likeness (QED) is 0.420. The molecule has 0 saturated carbocycles. The number of nitrogens with zero attached hydrogens (tertiary/aromatic N) is 4. The molecule has 2 heterocycles. The normalized spacial score (nSPS) is 12.6. The molecule has 0 fully saturated rings. The van der Waals surface area contributed by atoms with E-state index in [4.69, 9.17) is 0 Å². The molecule has 0 bridgehead atoms. The zero-order chi connectivity index (χ0) is 18.2. The maximum absolute atomic E-state index is 13.2. The number of hydrogen-bond donors (Lipinski definition) is 0. The molecule has 25 heavy (non-hydrogen) atoms. The summed E-state index contributed by atoms with van der Waals surface area (Å²) in [5, 5.41) is 7.98. The monoisotopic (exact) mass is 350 g/mol. The van der Waals surface area contributed by atoms with E-state index in [9.17, 15) is 17.6 Å². The molecule has 8 heteroatoms. The highest BCUT2D eigenvalue weighted by atomic mass is 19.4. The molecule has 0 atom stereocenters. The molecule has 0 N–H and O–H groups in total. The van der Waals surface area contributed by atoms with Crippen molar-refractivity contribution in [3.05, 3.63) is 59.7 Å². The fourth-order valence-electron chi connectivity index (χ4n) is 2.35. The average Bonchev–Trinajstić information content (AvgIpc) is 2.90. The third kappa shape index (κ3) is 3.52. The second-order valence-electron chi connectivity index (χ2n) is 5.80. The number of fused-ring (bicyclic) bond motifs is 1. The number of pyridine rings is 1. The lowest BCUT2D eigenvalue weighted by molar-refractivity contribution is -0.137. The van der Waals surface area contributed by atoms with Gasteiger partial charge in [-0.15, -0.1) is 10.2 Å². The Kier molecular flexibility index (Phi) is 4.28. The van der Waals surface area contributed by atoms with E-state index in [1.54, 1.807) is 6.07 Å². The van der Waals surface area contributed by atoms with Gasteiger partial charge in [0.2, 0.25) is 0 Å². The van der Waals surface area contributed by atoms with Gasteiger partial charge in [0.1, 0.15) is 11.5 Å². The van der Waals surface area contributed by atoms with E-state index in [1.165, 1.54) is 28.7 Å². The molecule has 0 aliphatic heterocycles. The van der Waals surface area contributed by atoms with Crippen molar-refractivity contribution < 1.29 is 17.6 Å². The average molecular weight is 350 g/mol. The van der Waals surface area contributed by atoms with Crippen LogP contribution in [0.3, 0.4) is 0 Å². The largest absolute Gasteiger partial charge is 0.417 e. The number of azo groups is 1. The predicted molar refractivity (Wildman–Crippen MR) is 84.9 cm³/mol. The van der Waals surface area contributed by atoms with Crippen molar-refractivity contribution in [1.82, 2.24) is 9.38 Å². The van der Waals surface area contributed by atoms with Crippen LogP contribution in [0.2, 0.25) is 0 Å². The standard InChI is InChI=1S/C17H14F4N4/c1-10(2)15-16(24-23-13-5-3-4-12(18)8-13)25-9-11(17(19,20)21)6-7-14(25)22-15/h3-10H,1-2H3. The van der Waals surface area contributed by atoms with Crippen LogP contribution in [-0.2, 0) is 6.18 Å². The van der Waals surface area contributed by atoms with Crippen LogP contribution in [0.15, 0.2) is 52.8 Å². The maximum Gasteiger partial charge on any atom is 0.417 e. The number of hydrogen-bond acceptors (Lipinski definition) is 3. The van der Waals surface area contributed by atoms with E-state index >= 15 is 0 Å². The summed E-state index contributed by atoms with van der Waals surface area (Å²) in [4.78, 5) is 4.33. The van der Waals surface area contributed by atoms with Gasteiger partial charge in [-0.1, -0.05) is 19.9 Å². The Morgan fingerprint density at radius 1 is 1.08 bits per heavy atom. The second-order valence-corrected chi connectivity index (χ2v) is 5.80. The molecule has 0 radical (unpaired) electrons. The number of aromatic nitrogens is 2. The third-order valence-corrected chi connectivity index (χ3v) is 3.56. The van der Waals surface area contributed by atoms with Crippen molar-refractivity contribution in [2.45, 2.75) is 25.9 Å². The van der Waals surface area contributed by atoms with Gasteiger partial charge in [0.25, 0.3) is 0 Å². The summed E-state index contributed by atoms with van der Waals surface area (Å²) in [5.41, 5.74) is 0.302. The van der Waals surface area contributed by atoms with Crippen molar-refractivity contribution in [3.8, 4) is 0 Å². The highest BCUT2D eigenvalue weighted by Gasteiger charge is 2.31. The van der Waals surface area contributed by atoms with Gasteiger partial charge < -0.3 is 0 Å². The first-order valence-corrected chi connectivity index (χ1v) is 7.52. The predicted octanol–water partition coefficient (Wildman–Crippen LogP) is 6.03. The van der Waals surface area contributed by atoms with Crippen LogP contribution in [0.25, 0.3) is 5.65 Å². The molecule has 4 nitrogen and oxygen atoms in total. The van der Waals surface area contributed by atoms with Gasteiger partial charge in [-0.2, -0.15) is 13.2 Å². The molecule has 0 spiro atoms. The number of halogens is 4. The molecule has 2 aromatic heterocycles. The minimum atomic E-state index is -4.48. The van der Waals surface area contributed by atoms with Crippen LogP contribution in [0, 0.1) is 5.82 Å². The Hall–Kier alpha value is -2.77. The van der Waals surface area contributed by atoms with E-state index in [0.29, 0.717) is 11.3 Å². The van der Waals surface area contributed by atoms with Crippen molar-refractivity contribution in [2.75, 3.05) is 0 Å². The van der Waals surface area contributed by atoms with Crippen molar-refractivity contribution >= 4 is 17.2 Å². The summed E-state index contributed by atoms with van der Waals surface area (Å²) in [5.74, 6) is -0.353. The van der Waals surface area contributed by atoms with Gasteiger partial charge in [-0.25, -0.2) is 9.37 Å². The van der Waals surface area contributed by atoms with Gasteiger partial charge >= 0.3 is 6.18 Å². The summed E-state index contributed by atoms with van der Waals surface area (Å²) in [6.07, 6.45) is -3.54. The SMILES string of the molecule is CC(C)c1nc2ccc(C(F)(F)F)cn2c1N=Nc1cccc(F)c1. The van der Waals surface area contributed by atoms with E-state index in [2.05, 4.69) is 15.2 Å². The van der Waals surface area contributed by atoms with Gasteiger partial charge in [0.05, 0.1) is 16.9 Å². The minimum Gasteiger partial charge on any atom is -0.282 e. The fraction of sp³-hybridized carbons (Fsp3) is 0.235. The van der Waals surface area contributed by atoms with Crippen LogP contribution >= 0.6 is 0 Å². The topological polar surface area (TPSA) is 42.0 Å². The molecular weight excluding hydrogens is 336 g/mol. The highest BCUT2D eigenvalue weighted by Crippen LogP contribution is 2.33. The lowest BCUT2D eigenvalue weighted by atomic mass is 10.1. The van der Waals surface area contributed by atoms with E-state index in [-0.39, 0.29) is 17.4 Å². The molecule has 0 aliphatic rings. The molecule has 1 aromatic carbocycles. The fourth-order valence-corrected chi connectivity index (χ4v) is 2.35. The molecule has 0 amide bonds. The first kappa shape index (κ1) is 17.1. The van der Waals surface area contributed by atoms with Gasteiger partial charge in [-0.3, -0.25) is 4.40 Å². The summed E-state index contributed by atoms with van der Waals surface area (Å²) in [6.45, 7) is 3.71. The summed E-state index contributed by atoms with van der Waals surface area (Å²) < 4.78 is 53.4. The maximum atomic E-state index is 13.2. The Labute approximate surface area is 140 Å². The number of imidazole rings is 1. The zero-order valence-corrected chi connectivity index (χ0v) is 13.4. The van der Waals surface area contributed by atoms with Crippen molar-refractivity contribution in [2.24, 2.45) is 10.2 Å². The van der Waals surface area contributed by atoms with Gasteiger partial charge in [0, 0.05) is 12.3 Å². The Morgan fingerprint density at radius 2 is 1.84 bits per heavy atom. The van der Waals surface area contributed by atoms with Crippen LogP contribution in [0.5, 0.6) is 0 Å². The Bertz CT molecular complexity index is 941. The summed E-state index contributed by atoms with van der Waals surface area (Å²) >= 11 is 0. The summed E-state index contributed by atoms with van der Waals surface area (Å²) in [6, 6.07) is 7.73. The smallest absolute Gasteiger partial charge is 0.282 e. The third-order valence-electron chi connectivity index (χ3n) is 3.56. The van der Waals surface area contributed by atoms with Crippen LogP contribution in [-0.4, -0.2) is 9.38 Å². The van der Waals surface area contributed by atoms with Gasteiger partial charge in [0.15, 0.2) is 5.82 Å². The molecule has 130 valence electrons. The minimum absolute atomic E-state index is 0.0734. The molecular formula is C17H14F4N4. The second kappa shape index (κ2) is 6.27.